The molecular formula is C23H31N5O4. The zero-order chi connectivity index (χ0) is 22.8. The molecule has 1 fully saturated rings. The van der Waals surface area contributed by atoms with Crippen molar-refractivity contribution < 1.29 is 19.4 Å². The van der Waals surface area contributed by atoms with Crippen LogP contribution in [0.25, 0.3) is 0 Å². The molecule has 1 amide bonds. The Morgan fingerprint density at radius 3 is 2.72 bits per heavy atom. The van der Waals surface area contributed by atoms with E-state index in [0.29, 0.717) is 30.5 Å². The minimum absolute atomic E-state index is 0.102. The van der Waals surface area contributed by atoms with Crippen LogP contribution in [0.2, 0.25) is 0 Å². The van der Waals surface area contributed by atoms with Gasteiger partial charge in [0.2, 0.25) is 0 Å². The maximum Gasteiger partial charge on any atom is 0.300 e. The van der Waals surface area contributed by atoms with Gasteiger partial charge in [-0.15, -0.1) is 0 Å². The highest BCUT2D eigenvalue weighted by Gasteiger charge is 2.24. The molecule has 0 bridgehead atoms. The Morgan fingerprint density at radius 1 is 1.22 bits per heavy atom. The number of carboxylic acid groups (broad SMARTS) is 1. The summed E-state index contributed by atoms with van der Waals surface area (Å²) < 4.78 is 5.51. The SMILES string of the molecule is CC(=O)O.O=C1NCCc2c(NCCC3COCCN3)nc(CCc3ccccc3)nc21. The number of nitrogens with one attached hydrogen (secondary N) is 3. The average Bonchev–Trinajstić information content (AvgIpc) is 2.79. The molecule has 0 spiro atoms. The number of anilines is 1. The fraction of sp³-hybridized carbons (Fsp3) is 0.478. The molecule has 4 N–H and O–H groups in total. The van der Waals surface area contributed by atoms with Crippen LogP contribution >= 0.6 is 0 Å². The molecule has 32 heavy (non-hydrogen) atoms. The first-order chi connectivity index (χ1) is 15.5. The van der Waals surface area contributed by atoms with Gasteiger partial charge in [0.05, 0.1) is 13.2 Å². The quantitative estimate of drug-likeness (QED) is 0.509. The molecule has 172 valence electrons. The highest BCUT2D eigenvalue weighted by molar-refractivity contribution is 5.96. The van der Waals surface area contributed by atoms with Crippen molar-refractivity contribution in [3.05, 3.63) is 53.0 Å². The van der Waals surface area contributed by atoms with Gasteiger partial charge in [-0.2, -0.15) is 0 Å². The zero-order valence-corrected chi connectivity index (χ0v) is 18.4. The second-order valence-corrected chi connectivity index (χ2v) is 7.77. The first-order valence-electron chi connectivity index (χ1n) is 11.0. The van der Waals surface area contributed by atoms with Crippen LogP contribution in [0.5, 0.6) is 0 Å². The minimum Gasteiger partial charge on any atom is -0.481 e. The van der Waals surface area contributed by atoms with Gasteiger partial charge in [0.1, 0.15) is 17.3 Å². The number of carbonyl (C=O) groups is 2. The summed E-state index contributed by atoms with van der Waals surface area (Å²) in [6, 6.07) is 10.6. The summed E-state index contributed by atoms with van der Waals surface area (Å²) in [5.41, 5.74) is 2.69. The summed E-state index contributed by atoms with van der Waals surface area (Å²) in [5, 5.41) is 17.2. The summed E-state index contributed by atoms with van der Waals surface area (Å²) in [6.07, 6.45) is 3.26. The maximum absolute atomic E-state index is 12.3. The molecule has 2 aliphatic heterocycles. The summed E-state index contributed by atoms with van der Waals surface area (Å²) in [4.78, 5) is 30.7. The van der Waals surface area contributed by atoms with Crippen LogP contribution in [-0.2, 0) is 28.8 Å². The van der Waals surface area contributed by atoms with E-state index in [1.165, 1.54) is 5.56 Å². The van der Waals surface area contributed by atoms with Crippen molar-refractivity contribution in [3.8, 4) is 0 Å². The molecular weight excluding hydrogens is 410 g/mol. The van der Waals surface area contributed by atoms with Crippen LogP contribution in [0.15, 0.2) is 30.3 Å². The number of ether oxygens (including phenoxy) is 1. The van der Waals surface area contributed by atoms with Crippen LogP contribution in [0.4, 0.5) is 5.82 Å². The van der Waals surface area contributed by atoms with Crippen LogP contribution < -0.4 is 16.0 Å². The van der Waals surface area contributed by atoms with E-state index in [9.17, 15) is 4.79 Å². The molecule has 2 aliphatic rings. The van der Waals surface area contributed by atoms with E-state index in [-0.39, 0.29) is 5.91 Å². The molecule has 0 saturated carbocycles. The fourth-order valence-corrected chi connectivity index (χ4v) is 3.67. The highest BCUT2D eigenvalue weighted by Crippen LogP contribution is 2.21. The molecule has 9 nitrogen and oxygen atoms in total. The Hall–Kier alpha value is -3.04. The lowest BCUT2D eigenvalue weighted by atomic mass is 10.1. The third kappa shape index (κ3) is 7.28. The third-order valence-electron chi connectivity index (χ3n) is 5.19. The number of aliphatic carboxylic acids is 1. The van der Waals surface area contributed by atoms with Crippen molar-refractivity contribution in [2.24, 2.45) is 0 Å². The van der Waals surface area contributed by atoms with Gasteiger partial charge in [-0.3, -0.25) is 9.59 Å². The molecule has 0 aliphatic carbocycles. The first kappa shape index (κ1) is 23.6. The Labute approximate surface area is 188 Å². The molecule has 3 heterocycles. The van der Waals surface area contributed by atoms with Gasteiger partial charge in [-0.05, 0) is 24.8 Å². The number of rotatable bonds is 7. The van der Waals surface area contributed by atoms with Crippen molar-refractivity contribution in [1.29, 1.82) is 0 Å². The van der Waals surface area contributed by atoms with Gasteiger partial charge < -0.3 is 25.8 Å². The van der Waals surface area contributed by atoms with E-state index in [0.717, 1.165) is 63.9 Å². The van der Waals surface area contributed by atoms with E-state index in [1.54, 1.807) is 0 Å². The number of fused-ring (bicyclic) bond motifs is 1. The molecule has 1 aromatic carbocycles. The van der Waals surface area contributed by atoms with Crippen molar-refractivity contribution >= 4 is 17.7 Å². The molecule has 1 unspecified atom stereocenters. The molecule has 9 heteroatoms. The third-order valence-corrected chi connectivity index (χ3v) is 5.19. The predicted molar refractivity (Wildman–Crippen MR) is 121 cm³/mol. The van der Waals surface area contributed by atoms with Crippen molar-refractivity contribution in [1.82, 2.24) is 20.6 Å². The summed E-state index contributed by atoms with van der Waals surface area (Å²) >= 11 is 0. The Morgan fingerprint density at radius 2 is 2.00 bits per heavy atom. The molecule has 2 aromatic rings. The largest absolute Gasteiger partial charge is 0.481 e. The Balaban J connectivity index is 0.000000668. The van der Waals surface area contributed by atoms with E-state index < -0.39 is 5.97 Å². The maximum atomic E-state index is 12.3. The smallest absolute Gasteiger partial charge is 0.300 e. The number of carbonyl (C=O) groups excluding carboxylic acids is 1. The molecule has 4 rings (SSSR count). The van der Waals surface area contributed by atoms with Crippen LogP contribution in [0, 0.1) is 0 Å². The van der Waals surface area contributed by atoms with Gasteiger partial charge in [-0.25, -0.2) is 9.97 Å². The zero-order valence-electron chi connectivity index (χ0n) is 18.4. The summed E-state index contributed by atoms with van der Waals surface area (Å²) in [6.45, 7) is 4.92. The topological polar surface area (TPSA) is 125 Å². The van der Waals surface area contributed by atoms with Gasteiger partial charge in [0.15, 0.2) is 0 Å². The van der Waals surface area contributed by atoms with Gasteiger partial charge in [0, 0.05) is 44.6 Å². The standard InChI is InChI=1S/C21H27N5O2.C2H4O2/c27-21-19-17(9-11-24-21)20(23-10-8-16-14-28-13-12-22-16)26-18(25-19)7-6-15-4-2-1-3-5-15;1-2(3)4/h1-5,16,22H,6-14H2,(H,24,27)(H,23,25,26);1H3,(H,3,4). The minimum atomic E-state index is -0.833. The first-order valence-corrected chi connectivity index (χ1v) is 11.0. The number of nitrogens with zero attached hydrogens (tertiary/aromatic N) is 2. The lowest BCUT2D eigenvalue weighted by Gasteiger charge is -2.24. The predicted octanol–water partition coefficient (Wildman–Crippen LogP) is 1.43. The number of hydrogen-bond donors (Lipinski definition) is 4. The number of carboxylic acids is 1. The van der Waals surface area contributed by atoms with Gasteiger partial charge in [-0.1, -0.05) is 30.3 Å². The molecule has 0 radical (unpaired) electrons. The lowest BCUT2D eigenvalue weighted by Crippen LogP contribution is -2.42. The second-order valence-electron chi connectivity index (χ2n) is 7.77. The number of aryl methyl sites for hydroxylation is 2. The van der Waals surface area contributed by atoms with E-state index in [4.69, 9.17) is 19.6 Å². The summed E-state index contributed by atoms with van der Waals surface area (Å²) in [5.74, 6) is 0.580. The average molecular weight is 442 g/mol. The number of hydrogen-bond acceptors (Lipinski definition) is 7. The second kappa shape index (κ2) is 12.1. The number of morpholine rings is 1. The van der Waals surface area contributed by atoms with E-state index in [2.05, 4.69) is 33.1 Å². The van der Waals surface area contributed by atoms with Crippen LogP contribution in [-0.4, -0.2) is 65.8 Å². The monoisotopic (exact) mass is 441 g/mol. The van der Waals surface area contributed by atoms with Crippen molar-refractivity contribution in [2.45, 2.75) is 38.6 Å². The van der Waals surface area contributed by atoms with Crippen LogP contribution in [0.3, 0.4) is 0 Å². The fourth-order valence-electron chi connectivity index (χ4n) is 3.67. The molecule has 1 saturated heterocycles. The van der Waals surface area contributed by atoms with Gasteiger partial charge >= 0.3 is 0 Å². The van der Waals surface area contributed by atoms with E-state index in [1.807, 2.05) is 18.2 Å². The van der Waals surface area contributed by atoms with E-state index >= 15 is 0 Å². The van der Waals surface area contributed by atoms with Crippen molar-refractivity contribution in [2.75, 3.05) is 38.2 Å². The number of aromatic nitrogens is 2. The number of amides is 1. The Bertz CT molecular complexity index is 897. The van der Waals surface area contributed by atoms with Gasteiger partial charge in [0.25, 0.3) is 11.9 Å². The Kier molecular flexibility index (Phi) is 8.94. The highest BCUT2D eigenvalue weighted by atomic mass is 16.5. The normalized spacial score (nSPS) is 17.4. The lowest BCUT2D eigenvalue weighted by molar-refractivity contribution is -0.134. The van der Waals surface area contributed by atoms with Crippen LogP contribution in [0.1, 0.15) is 40.8 Å². The summed E-state index contributed by atoms with van der Waals surface area (Å²) in [7, 11) is 0. The molecule has 1 aromatic heterocycles. The molecule has 1 atom stereocenters. The van der Waals surface area contributed by atoms with Crippen molar-refractivity contribution in [3.63, 3.8) is 0 Å². The number of benzene rings is 1.